The third-order valence-corrected chi connectivity index (χ3v) is 3.69. The van der Waals surface area contributed by atoms with Gasteiger partial charge in [-0.25, -0.2) is 0 Å². The topological polar surface area (TPSA) is 49.9 Å². The summed E-state index contributed by atoms with van der Waals surface area (Å²) in [6.45, 7) is 3.78. The van der Waals surface area contributed by atoms with E-state index in [-0.39, 0.29) is 11.9 Å². The third-order valence-electron chi connectivity index (χ3n) is 3.69. The molecule has 0 aromatic rings. The quantitative estimate of drug-likeness (QED) is 0.550. The number of likely N-dealkylation sites (N-methyl/N-ethyl adjacent to an activating group) is 2. The van der Waals surface area contributed by atoms with Gasteiger partial charge < -0.3 is 14.5 Å². The van der Waals surface area contributed by atoms with Crippen LogP contribution in [0.3, 0.4) is 0 Å². The molecule has 2 atom stereocenters. The van der Waals surface area contributed by atoms with E-state index in [9.17, 15) is 9.59 Å². The highest BCUT2D eigenvalue weighted by molar-refractivity contribution is 5.97. The molecule has 0 radical (unpaired) electrons. The molecule has 1 saturated heterocycles. The molecule has 0 aromatic carbocycles. The summed E-state index contributed by atoms with van der Waals surface area (Å²) in [4.78, 5) is 27.8. The number of rotatable bonds is 4. The van der Waals surface area contributed by atoms with Gasteiger partial charge in [0.1, 0.15) is 5.92 Å². The molecule has 1 aliphatic rings. The smallest absolute Gasteiger partial charge is 0.318 e. The summed E-state index contributed by atoms with van der Waals surface area (Å²) < 4.78 is 4.69. The number of nitrogens with zero attached hydrogens (tertiary/aromatic N) is 2. The molecule has 1 aliphatic heterocycles. The molecular formula is C13H24N2O3. The summed E-state index contributed by atoms with van der Waals surface area (Å²) in [5.41, 5.74) is 0. The second kappa shape index (κ2) is 6.73. The second-order valence-electron chi connectivity index (χ2n) is 4.99. The number of likely N-dealkylation sites (tertiary alicyclic amines) is 1. The molecule has 5 heteroatoms. The Morgan fingerprint density at radius 2 is 2.17 bits per heavy atom. The Kier molecular flexibility index (Phi) is 5.59. The van der Waals surface area contributed by atoms with Crippen LogP contribution in [-0.4, -0.2) is 62.0 Å². The van der Waals surface area contributed by atoms with Gasteiger partial charge in [0.05, 0.1) is 7.11 Å². The van der Waals surface area contributed by atoms with E-state index >= 15 is 0 Å². The Hall–Kier alpha value is -1.10. The van der Waals surface area contributed by atoms with Crippen molar-refractivity contribution in [1.82, 2.24) is 9.80 Å². The minimum Gasteiger partial charge on any atom is -0.468 e. The number of ether oxygens (including phenoxy) is 1. The van der Waals surface area contributed by atoms with Gasteiger partial charge in [0.25, 0.3) is 0 Å². The standard InChI is InChI=1S/C13H24N2O3/c1-5-11(13(17)18-4)12(16)15(3)10-7-6-8-14(2)9-10/h10-11H,5-9H2,1-4H3. The number of hydrogen-bond acceptors (Lipinski definition) is 4. The summed E-state index contributed by atoms with van der Waals surface area (Å²) >= 11 is 0. The summed E-state index contributed by atoms with van der Waals surface area (Å²) in [5.74, 6) is -1.21. The molecule has 1 fully saturated rings. The zero-order chi connectivity index (χ0) is 13.7. The SMILES string of the molecule is CCC(C(=O)OC)C(=O)N(C)C1CCCN(C)C1. The van der Waals surface area contributed by atoms with Crippen molar-refractivity contribution >= 4 is 11.9 Å². The first-order valence-corrected chi connectivity index (χ1v) is 6.54. The first-order chi connectivity index (χ1) is 8.51. The van der Waals surface area contributed by atoms with E-state index in [2.05, 4.69) is 16.7 Å². The van der Waals surface area contributed by atoms with Crippen LogP contribution in [0.5, 0.6) is 0 Å². The Morgan fingerprint density at radius 3 is 2.67 bits per heavy atom. The van der Waals surface area contributed by atoms with Gasteiger partial charge in [0.15, 0.2) is 0 Å². The van der Waals surface area contributed by atoms with Crippen molar-refractivity contribution in [2.45, 2.75) is 32.2 Å². The fourth-order valence-electron chi connectivity index (χ4n) is 2.47. The van der Waals surface area contributed by atoms with Crippen LogP contribution in [0.25, 0.3) is 0 Å². The maximum absolute atomic E-state index is 12.3. The largest absolute Gasteiger partial charge is 0.468 e. The van der Waals surface area contributed by atoms with Crippen molar-refractivity contribution in [1.29, 1.82) is 0 Å². The lowest BCUT2D eigenvalue weighted by molar-refractivity contribution is -0.154. The zero-order valence-electron chi connectivity index (χ0n) is 11.8. The molecule has 2 unspecified atom stereocenters. The van der Waals surface area contributed by atoms with Gasteiger partial charge in [0.2, 0.25) is 5.91 Å². The molecule has 0 spiro atoms. The number of esters is 1. The van der Waals surface area contributed by atoms with Gasteiger partial charge in [0, 0.05) is 19.6 Å². The Morgan fingerprint density at radius 1 is 1.50 bits per heavy atom. The van der Waals surface area contributed by atoms with E-state index in [0.29, 0.717) is 6.42 Å². The van der Waals surface area contributed by atoms with Gasteiger partial charge in [-0.05, 0) is 32.9 Å². The lowest BCUT2D eigenvalue weighted by Crippen LogP contribution is -2.50. The molecule has 0 aliphatic carbocycles. The van der Waals surface area contributed by atoms with Crippen LogP contribution in [0, 0.1) is 5.92 Å². The van der Waals surface area contributed by atoms with E-state index in [1.807, 2.05) is 6.92 Å². The molecule has 5 nitrogen and oxygen atoms in total. The van der Waals surface area contributed by atoms with Crippen LogP contribution >= 0.6 is 0 Å². The summed E-state index contributed by atoms with van der Waals surface area (Å²) in [7, 11) is 5.17. The molecule has 0 bridgehead atoms. The number of carbonyl (C=O) groups excluding carboxylic acids is 2. The zero-order valence-corrected chi connectivity index (χ0v) is 11.8. The molecule has 104 valence electrons. The van der Waals surface area contributed by atoms with Crippen molar-refractivity contribution in [2.75, 3.05) is 34.3 Å². The minimum absolute atomic E-state index is 0.121. The highest BCUT2D eigenvalue weighted by Crippen LogP contribution is 2.17. The van der Waals surface area contributed by atoms with Crippen molar-refractivity contribution < 1.29 is 14.3 Å². The monoisotopic (exact) mass is 256 g/mol. The molecule has 18 heavy (non-hydrogen) atoms. The van der Waals surface area contributed by atoms with E-state index < -0.39 is 11.9 Å². The predicted octanol–water partition coefficient (Wildman–Crippen LogP) is 0.738. The molecule has 0 saturated carbocycles. The van der Waals surface area contributed by atoms with Crippen molar-refractivity contribution in [2.24, 2.45) is 5.92 Å². The lowest BCUT2D eigenvalue weighted by atomic mass is 10.0. The summed E-state index contributed by atoms with van der Waals surface area (Å²) in [6.07, 6.45) is 2.58. The van der Waals surface area contributed by atoms with Gasteiger partial charge in [-0.3, -0.25) is 9.59 Å². The van der Waals surface area contributed by atoms with Crippen LogP contribution in [0.15, 0.2) is 0 Å². The van der Waals surface area contributed by atoms with E-state index in [1.165, 1.54) is 7.11 Å². The average Bonchev–Trinajstić information content (AvgIpc) is 2.38. The molecular weight excluding hydrogens is 232 g/mol. The number of amides is 1. The van der Waals surface area contributed by atoms with Crippen LogP contribution in [0.4, 0.5) is 0 Å². The molecule has 0 N–H and O–H groups in total. The van der Waals surface area contributed by atoms with Crippen molar-refractivity contribution in [3.8, 4) is 0 Å². The predicted molar refractivity (Wildman–Crippen MR) is 69.1 cm³/mol. The number of piperidine rings is 1. The van der Waals surface area contributed by atoms with Gasteiger partial charge in [-0.1, -0.05) is 6.92 Å². The van der Waals surface area contributed by atoms with Crippen LogP contribution in [0.1, 0.15) is 26.2 Å². The Labute approximate surface area is 109 Å². The fraction of sp³-hybridized carbons (Fsp3) is 0.846. The lowest BCUT2D eigenvalue weighted by Gasteiger charge is -2.36. The Bertz CT molecular complexity index is 307. The average molecular weight is 256 g/mol. The minimum atomic E-state index is -0.660. The summed E-state index contributed by atoms with van der Waals surface area (Å²) in [6, 6.07) is 0.204. The maximum Gasteiger partial charge on any atom is 0.318 e. The molecule has 0 aromatic heterocycles. The highest BCUT2D eigenvalue weighted by atomic mass is 16.5. The second-order valence-corrected chi connectivity index (χ2v) is 4.99. The first kappa shape index (κ1) is 15.0. The molecule has 1 heterocycles. The van der Waals surface area contributed by atoms with Gasteiger partial charge in [-0.2, -0.15) is 0 Å². The van der Waals surface area contributed by atoms with E-state index in [0.717, 1.165) is 25.9 Å². The fourth-order valence-corrected chi connectivity index (χ4v) is 2.47. The van der Waals surface area contributed by atoms with Crippen LogP contribution < -0.4 is 0 Å². The Balaban J connectivity index is 2.66. The van der Waals surface area contributed by atoms with Crippen molar-refractivity contribution in [3.05, 3.63) is 0 Å². The number of hydrogen-bond donors (Lipinski definition) is 0. The number of carbonyl (C=O) groups is 2. The first-order valence-electron chi connectivity index (χ1n) is 6.54. The van der Waals surface area contributed by atoms with Gasteiger partial charge >= 0.3 is 5.97 Å². The normalized spacial score (nSPS) is 22.3. The van der Waals surface area contributed by atoms with Gasteiger partial charge in [-0.15, -0.1) is 0 Å². The van der Waals surface area contributed by atoms with Crippen LogP contribution in [-0.2, 0) is 14.3 Å². The maximum atomic E-state index is 12.3. The summed E-state index contributed by atoms with van der Waals surface area (Å²) in [5, 5.41) is 0. The van der Waals surface area contributed by atoms with Crippen molar-refractivity contribution in [3.63, 3.8) is 0 Å². The van der Waals surface area contributed by atoms with E-state index in [4.69, 9.17) is 0 Å². The van der Waals surface area contributed by atoms with E-state index in [1.54, 1.807) is 11.9 Å². The third kappa shape index (κ3) is 3.45. The number of methoxy groups -OCH3 is 1. The highest BCUT2D eigenvalue weighted by Gasteiger charge is 2.32. The molecule has 1 amide bonds. The van der Waals surface area contributed by atoms with Crippen LogP contribution in [0.2, 0.25) is 0 Å². The molecule has 1 rings (SSSR count).